The zero-order valence-corrected chi connectivity index (χ0v) is 19.4. The average molecular weight is 486 g/mol. The van der Waals surface area contributed by atoms with Crippen molar-refractivity contribution >= 4 is 12.4 Å². The Morgan fingerprint density at radius 1 is 1.00 bits per heavy atom. The Morgan fingerprint density at radius 2 is 1.59 bits per heavy atom. The fourth-order valence-corrected chi connectivity index (χ4v) is 4.69. The number of halogens is 1. The van der Waals surface area contributed by atoms with Crippen molar-refractivity contribution < 1.29 is 34.3 Å². The molecule has 0 radical (unpaired) electrons. The molecule has 2 aliphatic heterocycles. The Hall–Kier alpha value is -0.190. The quantitative estimate of drug-likeness (QED) is 0.183. The molecule has 3 aliphatic rings. The molecular formula is C19H40ClN5O7. The number of hydrogen-bond donors (Lipinski definition) is 8. The summed E-state index contributed by atoms with van der Waals surface area (Å²) < 4.78 is 23.3. The van der Waals surface area contributed by atoms with Gasteiger partial charge in [-0.3, -0.25) is 0 Å². The standard InChI is InChI=1S/C19H39N5O7.ClH/c1-19(27)7-28-18(13(26)16(19)24-2)31-15-11(23)5-10(22)14(12(15)25)30-17-9(21)4-3-8(6-20)29-17;/h8-18,24-27H,3-7,20-23H2,1-2H3;1H/t8-,9+,10-,11+,12+,13+,14+,15-,16+,17+,18+,19-;/m1./s1. The molecule has 2 saturated heterocycles. The lowest BCUT2D eigenvalue weighted by atomic mass is 9.84. The Balaban J connectivity index is 0.00000363. The Bertz CT molecular complexity index is 594. The van der Waals surface area contributed by atoms with Gasteiger partial charge in [0.25, 0.3) is 0 Å². The number of aliphatic hydroxyl groups is 3. The third-order valence-corrected chi connectivity index (χ3v) is 6.55. The number of likely N-dealkylation sites (N-methyl/N-ethyl adjacent to an activating group) is 1. The summed E-state index contributed by atoms with van der Waals surface area (Å²) in [5.74, 6) is 0. The summed E-state index contributed by atoms with van der Waals surface area (Å²) in [6, 6.07) is -2.26. The van der Waals surface area contributed by atoms with E-state index < -0.39 is 60.7 Å². The Morgan fingerprint density at radius 3 is 2.16 bits per heavy atom. The number of rotatable bonds is 6. The van der Waals surface area contributed by atoms with Crippen molar-refractivity contribution in [2.75, 3.05) is 20.2 Å². The molecule has 12 N–H and O–H groups in total. The van der Waals surface area contributed by atoms with E-state index in [1.807, 2.05) is 0 Å². The van der Waals surface area contributed by atoms with Crippen molar-refractivity contribution in [2.24, 2.45) is 22.9 Å². The Labute approximate surface area is 194 Å². The highest BCUT2D eigenvalue weighted by molar-refractivity contribution is 5.85. The van der Waals surface area contributed by atoms with Gasteiger partial charge >= 0.3 is 0 Å². The zero-order valence-electron chi connectivity index (χ0n) is 18.6. The number of aliphatic hydroxyl groups excluding tert-OH is 2. The summed E-state index contributed by atoms with van der Waals surface area (Å²) in [4.78, 5) is 0. The highest BCUT2D eigenvalue weighted by Gasteiger charge is 2.50. The molecule has 1 saturated carbocycles. The van der Waals surface area contributed by atoms with E-state index >= 15 is 0 Å². The van der Waals surface area contributed by atoms with Crippen LogP contribution in [0, 0.1) is 0 Å². The van der Waals surface area contributed by atoms with E-state index in [0.717, 1.165) is 6.42 Å². The predicted molar refractivity (Wildman–Crippen MR) is 118 cm³/mol. The van der Waals surface area contributed by atoms with Gasteiger partial charge in [0.05, 0.1) is 24.8 Å². The van der Waals surface area contributed by atoms with Gasteiger partial charge in [0.1, 0.15) is 30.0 Å². The van der Waals surface area contributed by atoms with Gasteiger partial charge in [0.15, 0.2) is 12.6 Å². The minimum atomic E-state index is -1.29. The lowest BCUT2D eigenvalue weighted by Gasteiger charge is -2.48. The molecule has 0 aromatic heterocycles. The van der Waals surface area contributed by atoms with E-state index in [1.165, 1.54) is 0 Å². The molecule has 0 bridgehead atoms. The van der Waals surface area contributed by atoms with Crippen molar-refractivity contribution in [2.45, 2.75) is 99.1 Å². The van der Waals surface area contributed by atoms with Crippen molar-refractivity contribution in [3.05, 3.63) is 0 Å². The van der Waals surface area contributed by atoms with E-state index in [4.69, 9.17) is 41.9 Å². The minimum absolute atomic E-state index is 0. The smallest absolute Gasteiger partial charge is 0.185 e. The first kappa shape index (κ1) is 28.1. The molecular weight excluding hydrogens is 446 g/mol. The van der Waals surface area contributed by atoms with Crippen LogP contribution in [0.4, 0.5) is 0 Å². The maximum absolute atomic E-state index is 11.0. The van der Waals surface area contributed by atoms with Gasteiger partial charge in [-0.1, -0.05) is 0 Å². The van der Waals surface area contributed by atoms with Gasteiger partial charge in [-0.2, -0.15) is 0 Å². The minimum Gasteiger partial charge on any atom is -0.388 e. The molecule has 0 spiro atoms. The van der Waals surface area contributed by atoms with Crippen LogP contribution >= 0.6 is 12.4 Å². The molecule has 1 aliphatic carbocycles. The van der Waals surface area contributed by atoms with Crippen LogP contribution in [-0.2, 0) is 18.9 Å². The SMILES string of the molecule is CN[C@H]1[C@H](O)[C@H](O[C@H]2[C@@H](O)[C@@H](O[C@@H]3O[C@@H](CN)CC[C@@H]3N)[C@H](N)C[C@@H]2N)OC[C@@]1(C)O.Cl. The number of nitrogens with one attached hydrogen (secondary N) is 1. The molecule has 12 nitrogen and oxygen atoms in total. The van der Waals surface area contributed by atoms with Gasteiger partial charge in [-0.05, 0) is 33.2 Å². The third-order valence-electron chi connectivity index (χ3n) is 6.55. The summed E-state index contributed by atoms with van der Waals surface area (Å²) in [6.07, 6.45) is -4.48. The highest BCUT2D eigenvalue weighted by Crippen LogP contribution is 2.31. The molecule has 0 aromatic rings. The molecule has 3 fully saturated rings. The topological polar surface area (TPSA) is 214 Å². The monoisotopic (exact) mass is 485 g/mol. The van der Waals surface area contributed by atoms with Crippen LogP contribution in [0.2, 0.25) is 0 Å². The van der Waals surface area contributed by atoms with Crippen LogP contribution in [0.5, 0.6) is 0 Å². The normalized spacial score (nSPS) is 50.0. The lowest BCUT2D eigenvalue weighted by molar-refractivity contribution is -0.306. The molecule has 32 heavy (non-hydrogen) atoms. The van der Waals surface area contributed by atoms with Crippen LogP contribution < -0.4 is 28.3 Å². The summed E-state index contributed by atoms with van der Waals surface area (Å²) in [6.45, 7) is 1.83. The number of ether oxygens (including phenoxy) is 4. The second kappa shape index (κ2) is 11.5. The van der Waals surface area contributed by atoms with Crippen LogP contribution in [0.15, 0.2) is 0 Å². The van der Waals surface area contributed by atoms with Crippen LogP contribution in [0.25, 0.3) is 0 Å². The van der Waals surface area contributed by atoms with E-state index in [0.29, 0.717) is 19.4 Å². The summed E-state index contributed by atoms with van der Waals surface area (Å²) in [5.41, 5.74) is 23.0. The fraction of sp³-hybridized carbons (Fsp3) is 1.00. The van der Waals surface area contributed by atoms with Gasteiger partial charge in [0.2, 0.25) is 0 Å². The van der Waals surface area contributed by atoms with Gasteiger partial charge in [-0.15, -0.1) is 12.4 Å². The first-order valence-electron chi connectivity index (χ1n) is 10.9. The van der Waals surface area contributed by atoms with Crippen molar-refractivity contribution in [3.63, 3.8) is 0 Å². The molecule has 12 atom stereocenters. The molecule has 190 valence electrons. The summed E-state index contributed by atoms with van der Waals surface area (Å²) >= 11 is 0. The molecule has 13 heteroatoms. The van der Waals surface area contributed by atoms with Crippen LogP contribution in [0.1, 0.15) is 26.2 Å². The van der Waals surface area contributed by atoms with E-state index in [2.05, 4.69) is 5.32 Å². The van der Waals surface area contributed by atoms with Gasteiger partial charge < -0.3 is 62.5 Å². The Kier molecular flexibility index (Phi) is 10.1. The second-order valence-corrected chi connectivity index (χ2v) is 9.15. The van der Waals surface area contributed by atoms with Crippen LogP contribution in [0.3, 0.4) is 0 Å². The number of hydrogen-bond acceptors (Lipinski definition) is 12. The third kappa shape index (κ3) is 5.89. The lowest BCUT2D eigenvalue weighted by Crippen LogP contribution is -2.68. The van der Waals surface area contributed by atoms with Crippen molar-refractivity contribution in [1.29, 1.82) is 0 Å². The first-order valence-corrected chi connectivity index (χ1v) is 10.9. The molecule has 0 unspecified atom stereocenters. The maximum Gasteiger partial charge on any atom is 0.185 e. The summed E-state index contributed by atoms with van der Waals surface area (Å²) in [7, 11) is 1.62. The van der Waals surface area contributed by atoms with Gasteiger partial charge in [-0.25, -0.2) is 0 Å². The molecule has 0 amide bonds. The second-order valence-electron chi connectivity index (χ2n) is 9.15. The van der Waals surface area contributed by atoms with Crippen molar-refractivity contribution in [3.8, 4) is 0 Å². The zero-order chi connectivity index (χ0) is 22.9. The van der Waals surface area contributed by atoms with Gasteiger partial charge in [0, 0.05) is 18.6 Å². The predicted octanol–water partition coefficient (Wildman–Crippen LogP) is -3.55. The molecule has 2 heterocycles. The van der Waals surface area contributed by atoms with E-state index in [-0.39, 0.29) is 31.2 Å². The van der Waals surface area contributed by atoms with Crippen LogP contribution in [-0.4, -0.2) is 108 Å². The molecule has 3 rings (SSSR count). The van der Waals surface area contributed by atoms with E-state index in [9.17, 15) is 15.3 Å². The maximum atomic E-state index is 11.0. The largest absolute Gasteiger partial charge is 0.388 e. The fourth-order valence-electron chi connectivity index (χ4n) is 4.69. The number of nitrogens with two attached hydrogens (primary N) is 4. The first-order chi connectivity index (χ1) is 14.6. The van der Waals surface area contributed by atoms with E-state index in [1.54, 1.807) is 14.0 Å². The highest BCUT2D eigenvalue weighted by atomic mass is 35.5. The molecule has 0 aromatic carbocycles. The van der Waals surface area contributed by atoms with Crippen molar-refractivity contribution in [1.82, 2.24) is 5.32 Å². The average Bonchev–Trinajstić information content (AvgIpc) is 2.71. The summed E-state index contributed by atoms with van der Waals surface area (Å²) in [5, 5.41) is 34.9.